The molecule has 1 unspecified atom stereocenters. The number of benzene rings is 1. The molecule has 0 bridgehead atoms. The smallest absolute Gasteiger partial charge is 0.128 e. The summed E-state index contributed by atoms with van der Waals surface area (Å²) in [6, 6.07) is 8.13. The van der Waals surface area contributed by atoms with Gasteiger partial charge in [0.25, 0.3) is 0 Å². The standard InChI is InChI=1S/C25H28ClN3O3S/c1-17-27-13-20(14-28-17)25(26)16-24(23-18(6-10-32-24)7-11-33-23)8-9-29(25)15-19-4-5-21(30-2)12-22(19)31-3/h4-5,7,11-14H,6,8-10,15-16H2,1-3H3/t24?,25-/m0/s1. The molecule has 174 valence electrons. The Balaban J connectivity index is 1.54. The highest BCUT2D eigenvalue weighted by atomic mass is 35.5. The highest BCUT2D eigenvalue weighted by Gasteiger charge is 2.53. The van der Waals surface area contributed by atoms with E-state index in [2.05, 4.69) is 26.3 Å². The van der Waals surface area contributed by atoms with E-state index in [0.29, 0.717) is 19.6 Å². The Bertz CT molecular complexity index is 1140. The third-order valence-electron chi connectivity index (χ3n) is 6.80. The van der Waals surface area contributed by atoms with Gasteiger partial charge in [-0.15, -0.1) is 11.3 Å². The number of likely N-dealkylation sites (tertiary alicyclic amines) is 1. The summed E-state index contributed by atoms with van der Waals surface area (Å²) in [5.74, 6) is 2.27. The molecule has 1 aromatic carbocycles. The van der Waals surface area contributed by atoms with Crippen molar-refractivity contribution in [2.24, 2.45) is 0 Å². The van der Waals surface area contributed by atoms with Crippen LogP contribution in [0.3, 0.4) is 0 Å². The molecule has 0 saturated carbocycles. The number of fused-ring (bicyclic) bond motifs is 2. The number of alkyl halides is 1. The quantitative estimate of drug-likeness (QED) is 0.373. The van der Waals surface area contributed by atoms with Crippen molar-refractivity contribution in [3.63, 3.8) is 0 Å². The number of halogens is 1. The van der Waals surface area contributed by atoms with Crippen molar-refractivity contribution >= 4 is 22.9 Å². The molecule has 33 heavy (non-hydrogen) atoms. The topological polar surface area (TPSA) is 56.7 Å². The molecule has 4 heterocycles. The summed E-state index contributed by atoms with van der Waals surface area (Å²) in [5, 5.41) is 2.17. The summed E-state index contributed by atoms with van der Waals surface area (Å²) < 4.78 is 17.6. The molecule has 1 saturated heterocycles. The van der Waals surface area contributed by atoms with E-state index in [4.69, 9.17) is 25.8 Å². The van der Waals surface area contributed by atoms with Crippen LogP contribution in [0.15, 0.2) is 42.0 Å². The molecule has 3 aromatic rings. The first-order valence-electron chi connectivity index (χ1n) is 11.1. The summed E-state index contributed by atoms with van der Waals surface area (Å²) in [7, 11) is 3.34. The Morgan fingerprint density at radius 2 is 2.00 bits per heavy atom. The number of aryl methyl sites for hydroxylation is 1. The second-order valence-electron chi connectivity index (χ2n) is 8.67. The SMILES string of the molecule is COc1ccc(CN2CCC3(C[C@@]2(Cl)c2cnc(C)nc2)OCCc2ccsc23)c(OC)c1. The van der Waals surface area contributed by atoms with Gasteiger partial charge in [-0.05, 0) is 42.8 Å². The number of thiophene rings is 1. The molecule has 2 atom stereocenters. The highest BCUT2D eigenvalue weighted by Crippen LogP contribution is 2.54. The van der Waals surface area contributed by atoms with Crippen LogP contribution in [0.4, 0.5) is 0 Å². The Morgan fingerprint density at radius 3 is 2.76 bits per heavy atom. The largest absolute Gasteiger partial charge is 0.497 e. The Labute approximate surface area is 203 Å². The van der Waals surface area contributed by atoms with Crippen molar-refractivity contribution in [1.82, 2.24) is 14.9 Å². The molecule has 5 rings (SSSR count). The second-order valence-corrected chi connectivity index (χ2v) is 10.2. The summed E-state index contributed by atoms with van der Waals surface area (Å²) in [5.41, 5.74) is 2.92. The van der Waals surface area contributed by atoms with Gasteiger partial charge in [0.2, 0.25) is 0 Å². The van der Waals surface area contributed by atoms with Gasteiger partial charge in [-0.25, -0.2) is 9.97 Å². The minimum Gasteiger partial charge on any atom is -0.497 e. The molecule has 0 radical (unpaired) electrons. The Kier molecular flexibility index (Phi) is 6.07. The van der Waals surface area contributed by atoms with Crippen molar-refractivity contribution in [3.05, 3.63) is 69.4 Å². The van der Waals surface area contributed by atoms with Gasteiger partial charge in [0, 0.05) is 54.0 Å². The number of aromatic nitrogens is 2. The molecule has 2 aromatic heterocycles. The van der Waals surface area contributed by atoms with Crippen LogP contribution in [0.25, 0.3) is 0 Å². The number of hydrogen-bond acceptors (Lipinski definition) is 7. The van der Waals surface area contributed by atoms with Crippen LogP contribution in [0.2, 0.25) is 0 Å². The van der Waals surface area contributed by atoms with Crippen LogP contribution in [0, 0.1) is 6.92 Å². The lowest BCUT2D eigenvalue weighted by Gasteiger charge is -2.52. The predicted molar refractivity (Wildman–Crippen MR) is 129 cm³/mol. The molecule has 0 N–H and O–H groups in total. The monoisotopic (exact) mass is 485 g/mol. The first kappa shape index (κ1) is 22.6. The van der Waals surface area contributed by atoms with E-state index in [0.717, 1.165) is 47.8 Å². The lowest BCUT2D eigenvalue weighted by atomic mass is 9.79. The summed E-state index contributed by atoms with van der Waals surface area (Å²) >= 11 is 9.36. The molecule has 1 fully saturated rings. The molecule has 2 aliphatic heterocycles. The van der Waals surface area contributed by atoms with Crippen LogP contribution >= 0.6 is 22.9 Å². The van der Waals surface area contributed by atoms with Gasteiger partial charge in [-0.1, -0.05) is 17.7 Å². The zero-order chi connectivity index (χ0) is 23.1. The molecule has 0 aliphatic carbocycles. The van der Waals surface area contributed by atoms with Gasteiger partial charge in [0.05, 0.1) is 20.8 Å². The van der Waals surface area contributed by atoms with Crippen LogP contribution < -0.4 is 9.47 Å². The van der Waals surface area contributed by atoms with Crippen LogP contribution in [-0.4, -0.2) is 42.2 Å². The van der Waals surface area contributed by atoms with E-state index >= 15 is 0 Å². The molecular weight excluding hydrogens is 458 g/mol. The van der Waals surface area contributed by atoms with Crippen molar-refractivity contribution in [1.29, 1.82) is 0 Å². The fourth-order valence-corrected chi connectivity index (χ4v) is 6.61. The maximum absolute atomic E-state index is 7.58. The summed E-state index contributed by atoms with van der Waals surface area (Å²) in [4.78, 5) is 11.7. The van der Waals surface area contributed by atoms with E-state index < -0.39 is 10.6 Å². The normalized spacial score (nSPS) is 25.1. The third kappa shape index (κ3) is 4.01. The van der Waals surface area contributed by atoms with E-state index in [1.54, 1.807) is 25.6 Å². The average molecular weight is 486 g/mol. The van der Waals surface area contributed by atoms with Crippen molar-refractivity contribution in [3.8, 4) is 11.5 Å². The van der Waals surface area contributed by atoms with Crippen LogP contribution in [0.1, 0.15) is 40.2 Å². The molecular formula is C25H28ClN3O3S. The number of ether oxygens (including phenoxy) is 3. The zero-order valence-corrected chi connectivity index (χ0v) is 20.7. The zero-order valence-electron chi connectivity index (χ0n) is 19.1. The molecule has 2 aliphatic rings. The second kappa shape index (κ2) is 8.87. The molecule has 8 heteroatoms. The minimum absolute atomic E-state index is 0.394. The number of nitrogens with zero attached hydrogens (tertiary/aromatic N) is 3. The summed E-state index contributed by atoms with van der Waals surface area (Å²) in [6.07, 6.45) is 6.16. The lowest BCUT2D eigenvalue weighted by molar-refractivity contribution is -0.123. The fraction of sp³-hybridized carbons (Fsp3) is 0.440. The minimum atomic E-state index is -0.824. The summed E-state index contributed by atoms with van der Waals surface area (Å²) in [6.45, 7) is 3.99. The third-order valence-corrected chi connectivity index (χ3v) is 8.53. The van der Waals surface area contributed by atoms with Gasteiger partial charge in [0.15, 0.2) is 0 Å². The van der Waals surface area contributed by atoms with E-state index in [1.807, 2.05) is 37.5 Å². The molecule has 0 amide bonds. The van der Waals surface area contributed by atoms with Gasteiger partial charge in [-0.3, -0.25) is 4.90 Å². The maximum atomic E-state index is 7.58. The van der Waals surface area contributed by atoms with Crippen molar-refractivity contribution in [2.75, 3.05) is 27.4 Å². The first-order chi connectivity index (χ1) is 16.0. The Hall–Kier alpha value is -2.19. The molecule has 6 nitrogen and oxygen atoms in total. The number of rotatable bonds is 5. The predicted octanol–water partition coefficient (Wildman–Crippen LogP) is 5.02. The number of methoxy groups -OCH3 is 2. The van der Waals surface area contributed by atoms with Crippen LogP contribution in [0.5, 0.6) is 11.5 Å². The fourth-order valence-electron chi connectivity index (χ4n) is 5.01. The van der Waals surface area contributed by atoms with E-state index in [1.165, 1.54) is 10.4 Å². The van der Waals surface area contributed by atoms with E-state index in [-0.39, 0.29) is 0 Å². The van der Waals surface area contributed by atoms with Gasteiger partial charge >= 0.3 is 0 Å². The van der Waals surface area contributed by atoms with Gasteiger partial charge in [-0.2, -0.15) is 0 Å². The van der Waals surface area contributed by atoms with Crippen molar-refractivity contribution in [2.45, 2.75) is 43.3 Å². The van der Waals surface area contributed by atoms with E-state index in [9.17, 15) is 0 Å². The first-order valence-corrected chi connectivity index (χ1v) is 12.4. The van der Waals surface area contributed by atoms with Gasteiger partial charge in [0.1, 0.15) is 27.9 Å². The van der Waals surface area contributed by atoms with Crippen molar-refractivity contribution < 1.29 is 14.2 Å². The van der Waals surface area contributed by atoms with Gasteiger partial charge < -0.3 is 14.2 Å². The maximum Gasteiger partial charge on any atom is 0.128 e. The average Bonchev–Trinajstić information content (AvgIpc) is 3.32. The lowest BCUT2D eigenvalue weighted by Crippen LogP contribution is -2.54. The highest BCUT2D eigenvalue weighted by molar-refractivity contribution is 7.10. The Morgan fingerprint density at radius 1 is 1.18 bits per heavy atom. The number of piperidine rings is 1. The van der Waals surface area contributed by atoms with Crippen LogP contribution in [-0.2, 0) is 28.3 Å². The number of hydrogen-bond donors (Lipinski definition) is 0. The molecule has 1 spiro atoms.